The lowest BCUT2D eigenvalue weighted by Crippen LogP contribution is -2.46. The molecule has 0 aliphatic carbocycles. The van der Waals surface area contributed by atoms with E-state index in [1.807, 2.05) is 0 Å². The molecule has 0 radical (unpaired) electrons. The molecule has 58 heavy (non-hydrogen) atoms. The molecule has 0 rings (SSSR count). The molecule has 6 nitrogen and oxygen atoms in total. The molecule has 0 aliphatic heterocycles. The number of ether oxygens (including phenoxy) is 1. The fraction of sp³-hybridized carbons (Fsp3) is 0.923. The molecule has 3 N–H and O–H groups in total. The standard InChI is InChI=1S/C52H101NO5/c1-4-7-10-13-16-19-22-25-28-31-34-37-40-43-48(58-52(57)45-42-39-36-33-30-27-24-21-18-15-12-9-6-3)46-51(56)53-49(47-54)50(55)44-41-38-35-32-29-26-23-20-17-14-11-8-5-2/h19,22,48-50,54-55H,4-18,20-21,23-47H2,1-3H3,(H,53,56)/b22-19-. The predicted octanol–water partition coefficient (Wildman–Crippen LogP) is 15.3. The Balaban J connectivity index is 4.54. The van der Waals surface area contributed by atoms with E-state index in [1.54, 1.807) is 0 Å². The average Bonchev–Trinajstić information content (AvgIpc) is 3.22. The van der Waals surface area contributed by atoms with E-state index in [1.165, 1.54) is 180 Å². The average molecular weight is 820 g/mol. The molecule has 0 aromatic rings. The number of carbonyl (C=O) groups excluding carboxylic acids is 2. The maximum absolute atomic E-state index is 13.2. The number of aliphatic hydroxyl groups excluding tert-OH is 2. The summed E-state index contributed by atoms with van der Waals surface area (Å²) in [5, 5.41) is 23.8. The lowest BCUT2D eigenvalue weighted by atomic mass is 10.0. The van der Waals surface area contributed by atoms with Crippen LogP contribution in [0.4, 0.5) is 0 Å². The third-order valence-electron chi connectivity index (χ3n) is 12.1. The summed E-state index contributed by atoms with van der Waals surface area (Å²) in [6.07, 6.45) is 51.2. The lowest BCUT2D eigenvalue weighted by molar-refractivity contribution is -0.151. The molecule has 1 amide bonds. The molecule has 0 aliphatic rings. The first-order chi connectivity index (χ1) is 28.5. The van der Waals surface area contributed by atoms with E-state index in [-0.39, 0.29) is 24.9 Å². The summed E-state index contributed by atoms with van der Waals surface area (Å²) < 4.78 is 5.93. The Morgan fingerprint density at radius 1 is 0.483 bits per heavy atom. The minimum Gasteiger partial charge on any atom is -0.462 e. The first-order valence-electron chi connectivity index (χ1n) is 25.9. The van der Waals surface area contributed by atoms with E-state index >= 15 is 0 Å². The molecule has 6 heteroatoms. The molecule has 0 aromatic heterocycles. The van der Waals surface area contributed by atoms with Crippen molar-refractivity contribution in [3.8, 4) is 0 Å². The molecule has 0 saturated carbocycles. The molecule has 0 aromatic carbocycles. The highest BCUT2D eigenvalue weighted by molar-refractivity contribution is 5.77. The van der Waals surface area contributed by atoms with Crippen molar-refractivity contribution < 1.29 is 24.5 Å². The zero-order valence-corrected chi connectivity index (χ0v) is 39.2. The molecule has 0 fully saturated rings. The lowest BCUT2D eigenvalue weighted by Gasteiger charge is -2.24. The van der Waals surface area contributed by atoms with Gasteiger partial charge in [0.25, 0.3) is 0 Å². The van der Waals surface area contributed by atoms with Crippen LogP contribution in [0.25, 0.3) is 0 Å². The number of unbranched alkanes of at least 4 members (excludes halogenated alkanes) is 33. The maximum Gasteiger partial charge on any atom is 0.306 e. The quantitative estimate of drug-likeness (QED) is 0.0323. The summed E-state index contributed by atoms with van der Waals surface area (Å²) in [5.74, 6) is -0.466. The monoisotopic (exact) mass is 820 g/mol. The van der Waals surface area contributed by atoms with Crippen molar-refractivity contribution >= 4 is 11.9 Å². The third kappa shape index (κ3) is 41.3. The highest BCUT2D eigenvalue weighted by atomic mass is 16.5. The summed E-state index contributed by atoms with van der Waals surface area (Å²) in [6, 6.07) is -0.697. The number of rotatable bonds is 47. The van der Waals surface area contributed by atoms with Gasteiger partial charge in [-0.2, -0.15) is 0 Å². The second-order valence-corrected chi connectivity index (χ2v) is 17.9. The van der Waals surface area contributed by atoms with Crippen LogP contribution in [0.1, 0.15) is 284 Å². The molecule has 0 bridgehead atoms. The smallest absolute Gasteiger partial charge is 0.306 e. The third-order valence-corrected chi connectivity index (χ3v) is 12.1. The minimum absolute atomic E-state index is 0.0787. The second kappa shape index (κ2) is 46.7. The first kappa shape index (κ1) is 56.6. The van der Waals surface area contributed by atoms with Crippen molar-refractivity contribution in [1.29, 1.82) is 0 Å². The van der Waals surface area contributed by atoms with Crippen LogP contribution in [0.3, 0.4) is 0 Å². The highest BCUT2D eigenvalue weighted by Gasteiger charge is 2.24. The van der Waals surface area contributed by atoms with Gasteiger partial charge in [0.2, 0.25) is 5.91 Å². The van der Waals surface area contributed by atoms with E-state index in [4.69, 9.17) is 4.74 Å². The van der Waals surface area contributed by atoms with Gasteiger partial charge in [-0.15, -0.1) is 0 Å². The molecular formula is C52H101NO5. The Bertz CT molecular complexity index is 878. The number of amides is 1. The van der Waals surface area contributed by atoms with Crippen molar-refractivity contribution in [2.75, 3.05) is 6.61 Å². The zero-order valence-electron chi connectivity index (χ0n) is 39.2. The Hall–Kier alpha value is -1.40. The fourth-order valence-electron chi connectivity index (χ4n) is 8.13. The number of allylic oxidation sites excluding steroid dienone is 2. The van der Waals surface area contributed by atoms with E-state index < -0.39 is 18.2 Å². The van der Waals surface area contributed by atoms with Crippen molar-refractivity contribution in [3.63, 3.8) is 0 Å². The van der Waals surface area contributed by atoms with Crippen molar-refractivity contribution in [2.45, 2.75) is 302 Å². The van der Waals surface area contributed by atoms with Crippen molar-refractivity contribution in [3.05, 3.63) is 12.2 Å². The van der Waals surface area contributed by atoms with Crippen molar-refractivity contribution in [2.24, 2.45) is 0 Å². The Kier molecular flexibility index (Phi) is 45.5. The van der Waals surface area contributed by atoms with Gasteiger partial charge < -0.3 is 20.3 Å². The van der Waals surface area contributed by atoms with Gasteiger partial charge in [0, 0.05) is 6.42 Å². The van der Waals surface area contributed by atoms with Crippen LogP contribution in [-0.4, -0.2) is 46.9 Å². The van der Waals surface area contributed by atoms with Gasteiger partial charge in [-0.1, -0.05) is 232 Å². The second-order valence-electron chi connectivity index (χ2n) is 17.9. The summed E-state index contributed by atoms with van der Waals surface area (Å²) in [6.45, 7) is 6.49. The summed E-state index contributed by atoms with van der Waals surface area (Å²) in [4.78, 5) is 26.1. The predicted molar refractivity (Wildman–Crippen MR) is 250 cm³/mol. The van der Waals surface area contributed by atoms with Gasteiger partial charge in [0.15, 0.2) is 0 Å². The summed E-state index contributed by atoms with van der Waals surface area (Å²) in [7, 11) is 0. The molecular weight excluding hydrogens is 719 g/mol. The zero-order chi connectivity index (χ0) is 42.4. The van der Waals surface area contributed by atoms with Gasteiger partial charge in [-0.25, -0.2) is 0 Å². The molecule has 0 heterocycles. The molecule has 0 spiro atoms. The van der Waals surface area contributed by atoms with Crippen LogP contribution in [0, 0.1) is 0 Å². The number of hydrogen-bond donors (Lipinski definition) is 3. The Labute approximate surface area is 361 Å². The van der Waals surface area contributed by atoms with Crippen LogP contribution in [0.2, 0.25) is 0 Å². The minimum atomic E-state index is -0.783. The first-order valence-corrected chi connectivity index (χ1v) is 25.9. The molecule has 3 unspecified atom stereocenters. The Morgan fingerprint density at radius 2 is 0.828 bits per heavy atom. The molecule has 344 valence electrons. The van der Waals surface area contributed by atoms with E-state index in [0.29, 0.717) is 19.3 Å². The normalized spacial score (nSPS) is 13.3. The van der Waals surface area contributed by atoms with Crippen LogP contribution >= 0.6 is 0 Å². The number of carbonyl (C=O) groups is 2. The summed E-state index contributed by atoms with van der Waals surface area (Å²) >= 11 is 0. The highest BCUT2D eigenvalue weighted by Crippen LogP contribution is 2.18. The fourth-order valence-corrected chi connectivity index (χ4v) is 8.13. The van der Waals surface area contributed by atoms with Gasteiger partial charge in [-0.05, 0) is 51.4 Å². The van der Waals surface area contributed by atoms with E-state index in [0.717, 1.165) is 57.8 Å². The number of hydrogen-bond acceptors (Lipinski definition) is 5. The van der Waals surface area contributed by atoms with E-state index in [9.17, 15) is 19.8 Å². The van der Waals surface area contributed by atoms with Crippen LogP contribution in [0.15, 0.2) is 12.2 Å². The number of esters is 1. The van der Waals surface area contributed by atoms with Gasteiger partial charge in [-0.3, -0.25) is 9.59 Å². The van der Waals surface area contributed by atoms with E-state index in [2.05, 4.69) is 38.2 Å². The largest absolute Gasteiger partial charge is 0.462 e. The SMILES string of the molecule is CCCCCC/C=C\CCCCCCCC(CC(=O)NC(CO)C(O)CCCCCCCCCCCCCCC)OC(=O)CCCCCCCCCCCCCCC. The molecule has 0 saturated heterocycles. The maximum atomic E-state index is 13.2. The molecule has 3 atom stereocenters. The van der Waals surface area contributed by atoms with Crippen LogP contribution < -0.4 is 5.32 Å². The van der Waals surface area contributed by atoms with Crippen LogP contribution in [-0.2, 0) is 14.3 Å². The number of aliphatic hydroxyl groups is 2. The topological polar surface area (TPSA) is 95.9 Å². The number of nitrogens with one attached hydrogen (secondary N) is 1. The van der Waals surface area contributed by atoms with Crippen molar-refractivity contribution in [1.82, 2.24) is 5.32 Å². The van der Waals surface area contributed by atoms with Gasteiger partial charge in [0.05, 0.1) is 25.2 Å². The summed E-state index contributed by atoms with van der Waals surface area (Å²) in [5.41, 5.74) is 0. The van der Waals surface area contributed by atoms with Gasteiger partial charge in [0.1, 0.15) is 6.10 Å². The Morgan fingerprint density at radius 3 is 1.24 bits per heavy atom. The van der Waals surface area contributed by atoms with Crippen LogP contribution in [0.5, 0.6) is 0 Å². The van der Waals surface area contributed by atoms with Gasteiger partial charge >= 0.3 is 5.97 Å².